The lowest BCUT2D eigenvalue weighted by Crippen LogP contribution is -2.39. The molecule has 0 unspecified atom stereocenters. The van der Waals surface area contributed by atoms with Gasteiger partial charge in [-0.05, 0) is 49.6 Å². The molecule has 27 heavy (non-hydrogen) atoms. The summed E-state index contributed by atoms with van der Waals surface area (Å²) in [5.41, 5.74) is 4.60. The molecule has 0 saturated heterocycles. The van der Waals surface area contributed by atoms with Crippen molar-refractivity contribution >= 4 is 23.0 Å². The number of carbonyl (C=O) groups is 1. The molecule has 0 bridgehead atoms. The maximum atomic E-state index is 11.6. The summed E-state index contributed by atoms with van der Waals surface area (Å²) in [4.78, 5) is 17.7. The van der Waals surface area contributed by atoms with Crippen LogP contribution in [0.15, 0.2) is 48.8 Å². The van der Waals surface area contributed by atoms with Crippen molar-refractivity contribution in [2.75, 3.05) is 4.90 Å². The lowest BCUT2D eigenvalue weighted by molar-refractivity contribution is -0.108. The largest absolute Gasteiger partial charge is 0.312 e. The summed E-state index contributed by atoms with van der Waals surface area (Å²) in [5.74, 6) is 0.648. The Labute approximate surface area is 155 Å². The Balaban J connectivity index is 1.58. The number of aromatic amines is 2. The fourth-order valence-electron chi connectivity index (χ4n) is 3.56. The van der Waals surface area contributed by atoms with Crippen molar-refractivity contribution < 1.29 is 4.79 Å². The number of anilines is 1. The van der Waals surface area contributed by atoms with Crippen LogP contribution in [0, 0.1) is 0 Å². The molecule has 1 aliphatic carbocycles. The van der Waals surface area contributed by atoms with Gasteiger partial charge in [0.05, 0.1) is 11.2 Å². The number of rotatable bonds is 5. The van der Waals surface area contributed by atoms with E-state index in [0.717, 1.165) is 52.7 Å². The van der Waals surface area contributed by atoms with E-state index in [4.69, 9.17) is 0 Å². The molecule has 0 spiro atoms. The standard InChI is InChI=1S/C20H18N6O/c27-12-26(15-4-2-5-15)16-6-1-3-13(9-16)19-17-10-14(20-21-11-22-25-20)7-8-18(17)23-24-19/h1,3,6-12,15H,2,4-5H2,(H,23,24)(H,21,22,25). The zero-order chi connectivity index (χ0) is 18.2. The highest BCUT2D eigenvalue weighted by Crippen LogP contribution is 2.33. The Morgan fingerprint density at radius 3 is 2.74 bits per heavy atom. The van der Waals surface area contributed by atoms with E-state index in [1.165, 1.54) is 6.42 Å². The summed E-state index contributed by atoms with van der Waals surface area (Å²) in [6.07, 6.45) is 5.81. The average molecular weight is 358 g/mol. The minimum atomic E-state index is 0.311. The van der Waals surface area contributed by atoms with Crippen LogP contribution in [-0.4, -0.2) is 37.8 Å². The fourth-order valence-corrected chi connectivity index (χ4v) is 3.56. The van der Waals surface area contributed by atoms with Crippen LogP contribution in [0.2, 0.25) is 0 Å². The third kappa shape index (κ3) is 2.68. The topological polar surface area (TPSA) is 90.6 Å². The van der Waals surface area contributed by atoms with E-state index in [0.29, 0.717) is 11.9 Å². The first kappa shape index (κ1) is 15.7. The normalized spacial score (nSPS) is 14.2. The lowest BCUT2D eigenvalue weighted by Gasteiger charge is -2.34. The Morgan fingerprint density at radius 2 is 2.00 bits per heavy atom. The number of hydrogen-bond acceptors (Lipinski definition) is 4. The van der Waals surface area contributed by atoms with Crippen LogP contribution >= 0.6 is 0 Å². The van der Waals surface area contributed by atoms with Gasteiger partial charge in [-0.2, -0.15) is 10.2 Å². The molecule has 2 aromatic heterocycles. The van der Waals surface area contributed by atoms with Crippen molar-refractivity contribution in [3.8, 4) is 22.6 Å². The van der Waals surface area contributed by atoms with Gasteiger partial charge in [-0.25, -0.2) is 4.98 Å². The molecular formula is C20H18N6O. The zero-order valence-electron chi connectivity index (χ0n) is 14.6. The molecule has 2 N–H and O–H groups in total. The van der Waals surface area contributed by atoms with E-state index in [2.05, 4.69) is 25.4 Å². The number of amides is 1. The van der Waals surface area contributed by atoms with E-state index in [1.54, 1.807) is 6.33 Å². The van der Waals surface area contributed by atoms with Gasteiger partial charge in [-0.1, -0.05) is 12.1 Å². The molecule has 0 radical (unpaired) electrons. The number of hydrogen-bond donors (Lipinski definition) is 2. The molecule has 7 heteroatoms. The first-order valence-electron chi connectivity index (χ1n) is 9.02. The summed E-state index contributed by atoms with van der Waals surface area (Å²) in [7, 11) is 0. The first-order chi connectivity index (χ1) is 13.3. The average Bonchev–Trinajstić information content (AvgIpc) is 3.33. The number of carbonyl (C=O) groups excluding carboxylic acids is 1. The molecule has 0 aliphatic heterocycles. The molecule has 4 aromatic rings. The smallest absolute Gasteiger partial charge is 0.214 e. The SMILES string of the molecule is O=CN(c1cccc(-c2n[nH]c3ccc(-c4nc[nH]n4)cc23)c1)C1CCC1. The van der Waals surface area contributed by atoms with Gasteiger partial charge in [0.25, 0.3) is 0 Å². The third-order valence-corrected chi connectivity index (χ3v) is 5.24. The third-order valence-electron chi connectivity index (χ3n) is 5.24. The van der Waals surface area contributed by atoms with Crippen molar-refractivity contribution in [1.82, 2.24) is 25.4 Å². The van der Waals surface area contributed by atoms with Crippen LogP contribution < -0.4 is 4.90 Å². The van der Waals surface area contributed by atoms with Crippen molar-refractivity contribution in [2.24, 2.45) is 0 Å². The van der Waals surface area contributed by atoms with Crippen molar-refractivity contribution in [3.05, 3.63) is 48.8 Å². The predicted molar refractivity (Wildman–Crippen MR) is 103 cm³/mol. The Hall–Kier alpha value is -3.48. The molecule has 2 aromatic carbocycles. The number of fused-ring (bicyclic) bond motifs is 1. The molecule has 1 amide bonds. The molecular weight excluding hydrogens is 340 g/mol. The number of aromatic nitrogens is 5. The minimum absolute atomic E-state index is 0.311. The summed E-state index contributed by atoms with van der Waals surface area (Å²) < 4.78 is 0. The van der Waals surface area contributed by atoms with Crippen LogP contribution in [0.1, 0.15) is 19.3 Å². The molecule has 7 nitrogen and oxygen atoms in total. The second kappa shape index (κ2) is 6.35. The summed E-state index contributed by atoms with van der Waals surface area (Å²) in [6.45, 7) is 0. The Kier molecular flexibility index (Phi) is 3.71. The summed E-state index contributed by atoms with van der Waals surface area (Å²) >= 11 is 0. The van der Waals surface area contributed by atoms with Gasteiger partial charge in [-0.15, -0.1) is 0 Å². The minimum Gasteiger partial charge on any atom is -0.312 e. The highest BCUT2D eigenvalue weighted by Gasteiger charge is 2.25. The van der Waals surface area contributed by atoms with Crippen molar-refractivity contribution in [3.63, 3.8) is 0 Å². The van der Waals surface area contributed by atoms with Gasteiger partial charge in [0, 0.05) is 28.2 Å². The highest BCUT2D eigenvalue weighted by molar-refractivity contribution is 5.96. The molecule has 2 heterocycles. The fraction of sp³-hybridized carbons (Fsp3) is 0.200. The number of benzene rings is 2. The lowest BCUT2D eigenvalue weighted by atomic mass is 9.91. The molecule has 5 rings (SSSR count). The van der Waals surface area contributed by atoms with E-state index in [1.807, 2.05) is 47.4 Å². The van der Waals surface area contributed by atoms with E-state index < -0.39 is 0 Å². The monoisotopic (exact) mass is 358 g/mol. The van der Waals surface area contributed by atoms with Crippen molar-refractivity contribution in [2.45, 2.75) is 25.3 Å². The molecule has 1 saturated carbocycles. The first-order valence-corrected chi connectivity index (χ1v) is 9.02. The maximum Gasteiger partial charge on any atom is 0.214 e. The van der Waals surface area contributed by atoms with Crippen LogP contribution in [0.25, 0.3) is 33.5 Å². The van der Waals surface area contributed by atoms with Crippen LogP contribution in [0.5, 0.6) is 0 Å². The number of nitrogens with zero attached hydrogens (tertiary/aromatic N) is 4. The van der Waals surface area contributed by atoms with Gasteiger partial charge in [-0.3, -0.25) is 15.0 Å². The zero-order valence-corrected chi connectivity index (χ0v) is 14.6. The highest BCUT2D eigenvalue weighted by atomic mass is 16.1. The summed E-state index contributed by atoms with van der Waals surface area (Å²) in [5, 5.41) is 15.5. The Morgan fingerprint density at radius 1 is 1.07 bits per heavy atom. The second-order valence-corrected chi connectivity index (χ2v) is 6.80. The predicted octanol–water partition coefficient (Wildman–Crippen LogP) is 3.53. The summed E-state index contributed by atoms with van der Waals surface area (Å²) in [6, 6.07) is 14.3. The van der Waals surface area contributed by atoms with Gasteiger partial charge in [0.1, 0.15) is 6.33 Å². The van der Waals surface area contributed by atoms with E-state index in [9.17, 15) is 4.79 Å². The maximum absolute atomic E-state index is 11.6. The van der Waals surface area contributed by atoms with E-state index >= 15 is 0 Å². The van der Waals surface area contributed by atoms with E-state index in [-0.39, 0.29) is 0 Å². The van der Waals surface area contributed by atoms with Gasteiger partial charge < -0.3 is 4.90 Å². The van der Waals surface area contributed by atoms with Gasteiger partial charge in [0.15, 0.2) is 5.82 Å². The van der Waals surface area contributed by atoms with Crippen LogP contribution in [-0.2, 0) is 4.79 Å². The van der Waals surface area contributed by atoms with Crippen LogP contribution in [0.3, 0.4) is 0 Å². The van der Waals surface area contributed by atoms with Crippen LogP contribution in [0.4, 0.5) is 5.69 Å². The molecule has 1 aliphatic rings. The van der Waals surface area contributed by atoms with Crippen molar-refractivity contribution in [1.29, 1.82) is 0 Å². The van der Waals surface area contributed by atoms with Gasteiger partial charge in [0.2, 0.25) is 6.41 Å². The molecule has 134 valence electrons. The van der Waals surface area contributed by atoms with Gasteiger partial charge >= 0.3 is 0 Å². The Bertz CT molecular complexity index is 1100. The number of H-pyrrole nitrogens is 2. The molecule has 0 atom stereocenters. The quantitative estimate of drug-likeness (QED) is 0.534. The molecule has 1 fully saturated rings. The second-order valence-electron chi connectivity index (χ2n) is 6.80. The number of nitrogens with one attached hydrogen (secondary N) is 2.